The van der Waals surface area contributed by atoms with Crippen molar-refractivity contribution in [3.63, 3.8) is 0 Å². The number of hydrogen-bond acceptors (Lipinski definition) is 3. The molecule has 114 valence electrons. The van der Waals surface area contributed by atoms with Gasteiger partial charge in [0.15, 0.2) is 0 Å². The molecule has 0 unspecified atom stereocenters. The van der Waals surface area contributed by atoms with E-state index < -0.39 is 0 Å². The van der Waals surface area contributed by atoms with Crippen LogP contribution in [0.1, 0.15) is 36.8 Å². The minimum absolute atomic E-state index is 0.0498. The summed E-state index contributed by atoms with van der Waals surface area (Å²) in [6.45, 7) is 4.01. The van der Waals surface area contributed by atoms with Gasteiger partial charge in [0, 0.05) is 10.9 Å². The van der Waals surface area contributed by atoms with Crippen molar-refractivity contribution in [2.45, 2.75) is 32.7 Å². The van der Waals surface area contributed by atoms with Gasteiger partial charge in [-0.25, -0.2) is 0 Å². The van der Waals surface area contributed by atoms with E-state index in [-0.39, 0.29) is 11.9 Å². The summed E-state index contributed by atoms with van der Waals surface area (Å²) in [5, 5.41) is 3.93. The summed E-state index contributed by atoms with van der Waals surface area (Å²) in [7, 11) is 0. The van der Waals surface area contributed by atoms with E-state index in [1.165, 1.54) is 5.56 Å². The molecule has 3 aromatic rings. The van der Waals surface area contributed by atoms with Gasteiger partial charge >= 0.3 is 0 Å². The predicted molar refractivity (Wildman–Crippen MR) is 84.6 cm³/mol. The predicted octanol–water partition coefficient (Wildman–Crippen LogP) is 4.01. The molecule has 0 radical (unpaired) electrons. The van der Waals surface area contributed by atoms with Crippen molar-refractivity contribution in [1.29, 1.82) is 0 Å². The van der Waals surface area contributed by atoms with E-state index in [2.05, 4.69) is 18.3 Å². The first-order valence-corrected chi connectivity index (χ1v) is 7.49. The second-order valence-corrected chi connectivity index (χ2v) is 5.43. The summed E-state index contributed by atoms with van der Waals surface area (Å²) in [6.07, 6.45) is 4.53. The Labute approximate surface area is 129 Å². The Morgan fingerprint density at radius 2 is 2.14 bits per heavy atom. The number of benzene rings is 1. The topological polar surface area (TPSA) is 55.4 Å². The Kier molecular flexibility index (Phi) is 4.00. The third kappa shape index (κ3) is 2.91. The van der Waals surface area contributed by atoms with Gasteiger partial charge in [-0.1, -0.05) is 19.1 Å². The molecular formula is C18H19NO3. The lowest BCUT2D eigenvalue weighted by molar-refractivity contribution is -0.121. The van der Waals surface area contributed by atoms with Gasteiger partial charge in [-0.15, -0.1) is 0 Å². The zero-order chi connectivity index (χ0) is 15.5. The summed E-state index contributed by atoms with van der Waals surface area (Å²) in [4.78, 5) is 12.2. The Balaban J connectivity index is 1.71. The number of rotatable bonds is 5. The maximum absolute atomic E-state index is 12.2. The summed E-state index contributed by atoms with van der Waals surface area (Å²) in [6, 6.07) is 9.65. The van der Waals surface area contributed by atoms with Crippen LogP contribution in [0, 0.1) is 0 Å². The smallest absolute Gasteiger partial charge is 0.225 e. The number of nitrogens with one attached hydrogen (secondary N) is 1. The van der Waals surface area contributed by atoms with E-state index >= 15 is 0 Å². The van der Waals surface area contributed by atoms with Crippen LogP contribution in [0.3, 0.4) is 0 Å². The lowest BCUT2D eigenvalue weighted by atomic mass is 10.1. The van der Waals surface area contributed by atoms with Gasteiger partial charge in [-0.2, -0.15) is 0 Å². The number of carbonyl (C=O) groups excluding carboxylic acids is 1. The second-order valence-electron chi connectivity index (χ2n) is 5.43. The molecule has 22 heavy (non-hydrogen) atoms. The van der Waals surface area contributed by atoms with Gasteiger partial charge < -0.3 is 14.2 Å². The summed E-state index contributed by atoms with van der Waals surface area (Å²) in [5.41, 5.74) is 2.97. The normalized spacial score (nSPS) is 12.5. The Morgan fingerprint density at radius 1 is 1.27 bits per heavy atom. The van der Waals surface area contributed by atoms with Crippen LogP contribution < -0.4 is 5.32 Å². The molecule has 0 saturated carbocycles. The fourth-order valence-electron chi connectivity index (χ4n) is 2.56. The van der Waals surface area contributed by atoms with Crippen molar-refractivity contribution in [2.75, 3.05) is 0 Å². The van der Waals surface area contributed by atoms with Crippen molar-refractivity contribution in [2.24, 2.45) is 0 Å². The maximum Gasteiger partial charge on any atom is 0.225 e. The van der Waals surface area contributed by atoms with Crippen LogP contribution in [-0.4, -0.2) is 5.91 Å². The van der Waals surface area contributed by atoms with Crippen LogP contribution in [-0.2, 0) is 17.6 Å². The molecule has 0 fully saturated rings. The van der Waals surface area contributed by atoms with Gasteiger partial charge in [-0.3, -0.25) is 4.79 Å². The standard InChI is InChI=1S/C18H19NO3/c1-3-13-6-7-15-14(11-22-17(15)9-13)10-18(20)19-12(2)16-5-4-8-21-16/h4-9,11-12H,3,10H2,1-2H3,(H,19,20)/t12-/m1/s1. The average Bonchev–Trinajstić information content (AvgIpc) is 3.16. The summed E-state index contributed by atoms with van der Waals surface area (Å²) < 4.78 is 10.9. The molecule has 1 N–H and O–H groups in total. The average molecular weight is 297 g/mol. The van der Waals surface area contributed by atoms with Crippen molar-refractivity contribution in [3.05, 3.63) is 59.7 Å². The van der Waals surface area contributed by atoms with Crippen LogP contribution in [0.15, 0.2) is 51.7 Å². The first-order chi connectivity index (χ1) is 10.7. The largest absolute Gasteiger partial charge is 0.467 e. The number of hydrogen-bond donors (Lipinski definition) is 1. The van der Waals surface area contributed by atoms with E-state index in [1.807, 2.05) is 31.2 Å². The van der Waals surface area contributed by atoms with Crippen LogP contribution in [0.5, 0.6) is 0 Å². The number of fused-ring (bicyclic) bond motifs is 1. The molecule has 0 bridgehead atoms. The highest BCUT2D eigenvalue weighted by Crippen LogP contribution is 2.23. The van der Waals surface area contributed by atoms with Crippen molar-refractivity contribution < 1.29 is 13.6 Å². The molecule has 2 aromatic heterocycles. The molecule has 1 amide bonds. The van der Waals surface area contributed by atoms with Crippen LogP contribution in [0.2, 0.25) is 0 Å². The van der Waals surface area contributed by atoms with Gasteiger partial charge in [0.25, 0.3) is 0 Å². The van der Waals surface area contributed by atoms with Crippen LogP contribution >= 0.6 is 0 Å². The van der Waals surface area contributed by atoms with Crippen molar-refractivity contribution in [3.8, 4) is 0 Å². The van der Waals surface area contributed by atoms with Gasteiger partial charge in [0.2, 0.25) is 5.91 Å². The van der Waals surface area contributed by atoms with Gasteiger partial charge in [0.1, 0.15) is 11.3 Å². The fourth-order valence-corrected chi connectivity index (χ4v) is 2.56. The number of carbonyl (C=O) groups is 1. The van der Waals surface area contributed by atoms with E-state index in [0.717, 1.165) is 28.7 Å². The Hall–Kier alpha value is -2.49. The van der Waals surface area contributed by atoms with Crippen LogP contribution in [0.4, 0.5) is 0 Å². The van der Waals surface area contributed by atoms with Crippen molar-refractivity contribution in [1.82, 2.24) is 5.32 Å². The van der Waals surface area contributed by atoms with E-state index in [4.69, 9.17) is 8.83 Å². The lowest BCUT2D eigenvalue weighted by Crippen LogP contribution is -2.27. The molecule has 0 spiro atoms. The highest BCUT2D eigenvalue weighted by molar-refractivity contribution is 5.88. The van der Waals surface area contributed by atoms with E-state index in [9.17, 15) is 4.79 Å². The van der Waals surface area contributed by atoms with E-state index in [0.29, 0.717) is 6.42 Å². The second kappa shape index (κ2) is 6.10. The monoisotopic (exact) mass is 297 g/mol. The molecule has 0 saturated heterocycles. The lowest BCUT2D eigenvalue weighted by Gasteiger charge is -2.10. The fraction of sp³-hybridized carbons (Fsp3) is 0.278. The first kappa shape index (κ1) is 14.4. The Morgan fingerprint density at radius 3 is 2.86 bits per heavy atom. The molecule has 0 aliphatic heterocycles. The SMILES string of the molecule is CCc1ccc2c(CC(=O)N[C@H](C)c3ccco3)coc2c1. The molecular weight excluding hydrogens is 278 g/mol. The zero-order valence-electron chi connectivity index (χ0n) is 12.8. The third-order valence-electron chi connectivity index (χ3n) is 3.83. The highest BCUT2D eigenvalue weighted by atomic mass is 16.3. The number of aryl methyl sites for hydroxylation is 1. The van der Waals surface area contributed by atoms with Crippen LogP contribution in [0.25, 0.3) is 11.0 Å². The minimum Gasteiger partial charge on any atom is -0.467 e. The highest BCUT2D eigenvalue weighted by Gasteiger charge is 2.15. The molecule has 4 heteroatoms. The molecule has 3 rings (SSSR count). The Bertz CT molecular complexity index is 771. The molecule has 4 nitrogen and oxygen atoms in total. The van der Waals surface area contributed by atoms with Crippen molar-refractivity contribution >= 4 is 16.9 Å². The quantitative estimate of drug-likeness (QED) is 0.774. The summed E-state index contributed by atoms with van der Waals surface area (Å²) >= 11 is 0. The van der Waals surface area contributed by atoms with Gasteiger partial charge in [0.05, 0.1) is 25.0 Å². The first-order valence-electron chi connectivity index (χ1n) is 7.49. The molecule has 1 atom stereocenters. The van der Waals surface area contributed by atoms with Gasteiger partial charge in [-0.05, 0) is 37.1 Å². The molecule has 0 aliphatic carbocycles. The maximum atomic E-state index is 12.2. The van der Waals surface area contributed by atoms with E-state index in [1.54, 1.807) is 12.5 Å². The minimum atomic E-state index is -0.146. The molecule has 2 heterocycles. The summed E-state index contributed by atoms with van der Waals surface area (Å²) in [5.74, 6) is 0.698. The third-order valence-corrected chi connectivity index (χ3v) is 3.83. The molecule has 1 aromatic carbocycles. The zero-order valence-corrected chi connectivity index (χ0v) is 12.8. The molecule has 0 aliphatic rings. The number of furan rings is 2. The number of amides is 1.